The summed E-state index contributed by atoms with van der Waals surface area (Å²) in [6, 6.07) is 8.25. The van der Waals surface area contributed by atoms with Crippen molar-refractivity contribution >= 4 is 29.6 Å². The number of esters is 3. The largest absolute Gasteiger partial charge is 0.463 e. The Hall–Kier alpha value is -3.73. The molecule has 0 aliphatic carbocycles. The predicted octanol–water partition coefficient (Wildman–Crippen LogP) is 2.44. The molecule has 1 N–H and O–H groups in total. The van der Waals surface area contributed by atoms with Crippen molar-refractivity contribution < 1.29 is 66.6 Å². The van der Waals surface area contributed by atoms with E-state index in [1.807, 2.05) is 30.3 Å². The standard InChI is InChI=1S/C35H47NO14/c1-7-8-12-15-42-35-28(36-20(3)38)32(31-27(48-35)18-44-33(49-31)24-13-10-9-11-14-24)50-34-25(16-19(2)37)29(45-22(5)40)30(46-23(6)41)26(47-34)17-43-21(4)39/h7,9-11,13-14,25-35H,1,8,12,15-18H2,2-6H3,(H,36,38)/t25?,26?,27?,28?,29-,30+,31+,32-,33?,34+,35+/m1/s1. The number of amides is 1. The number of Topliss-reactive ketones (excluding diaryl/α,β-unsaturated/α-hetero) is 1. The number of benzene rings is 1. The van der Waals surface area contributed by atoms with Crippen molar-refractivity contribution in [1.82, 2.24) is 5.32 Å². The van der Waals surface area contributed by atoms with Crippen LogP contribution in [0.2, 0.25) is 0 Å². The van der Waals surface area contributed by atoms with Gasteiger partial charge < -0.3 is 52.7 Å². The normalized spacial score (nSPS) is 32.1. The average Bonchev–Trinajstić information content (AvgIpc) is 3.05. The van der Waals surface area contributed by atoms with Gasteiger partial charge in [-0.05, 0) is 19.8 Å². The number of ether oxygens (including phenoxy) is 9. The summed E-state index contributed by atoms with van der Waals surface area (Å²) in [7, 11) is 0. The molecule has 1 aromatic rings. The van der Waals surface area contributed by atoms with Crippen LogP contribution in [0, 0.1) is 5.92 Å². The van der Waals surface area contributed by atoms with Crippen LogP contribution < -0.4 is 5.32 Å². The van der Waals surface area contributed by atoms with Crippen molar-refractivity contribution in [2.45, 2.75) is 115 Å². The number of ketones is 1. The number of fused-ring (bicyclic) bond motifs is 1. The van der Waals surface area contributed by atoms with E-state index < -0.39 is 97.9 Å². The van der Waals surface area contributed by atoms with Gasteiger partial charge in [0.1, 0.15) is 49.0 Å². The highest BCUT2D eigenvalue weighted by Crippen LogP contribution is 2.40. The second-order valence-corrected chi connectivity index (χ2v) is 12.4. The molecule has 3 fully saturated rings. The number of hydrogen-bond donors (Lipinski definition) is 1. The number of unbranched alkanes of at least 4 members (excludes halogenated alkanes) is 1. The molecule has 1 amide bonds. The lowest BCUT2D eigenvalue weighted by Gasteiger charge is -2.52. The van der Waals surface area contributed by atoms with E-state index in [0.29, 0.717) is 12.8 Å². The van der Waals surface area contributed by atoms with E-state index >= 15 is 0 Å². The first-order valence-electron chi connectivity index (χ1n) is 16.6. The summed E-state index contributed by atoms with van der Waals surface area (Å²) in [5.74, 6) is -3.82. The fraction of sp³-hybridized carbons (Fsp3) is 0.629. The molecular weight excluding hydrogens is 658 g/mol. The summed E-state index contributed by atoms with van der Waals surface area (Å²) in [6.45, 7) is 9.89. The Bertz CT molecular complexity index is 1340. The van der Waals surface area contributed by atoms with Crippen LogP contribution >= 0.6 is 0 Å². The summed E-state index contributed by atoms with van der Waals surface area (Å²) in [5.41, 5.74) is 0.729. The van der Waals surface area contributed by atoms with Crippen molar-refractivity contribution in [3.05, 3.63) is 48.6 Å². The molecule has 0 radical (unpaired) electrons. The minimum absolute atomic E-state index is 0.0749. The van der Waals surface area contributed by atoms with Gasteiger partial charge in [-0.25, -0.2) is 0 Å². The number of allylic oxidation sites excluding steroid dienone is 1. The third kappa shape index (κ3) is 10.6. The molecule has 15 nitrogen and oxygen atoms in total. The Morgan fingerprint density at radius 2 is 1.58 bits per heavy atom. The van der Waals surface area contributed by atoms with Gasteiger partial charge in [0.2, 0.25) is 5.91 Å². The zero-order valence-electron chi connectivity index (χ0n) is 29.0. The molecule has 0 saturated carbocycles. The third-order valence-electron chi connectivity index (χ3n) is 8.26. The van der Waals surface area contributed by atoms with Crippen LogP contribution in [0.5, 0.6) is 0 Å². The zero-order valence-corrected chi connectivity index (χ0v) is 29.0. The van der Waals surface area contributed by atoms with E-state index in [-0.39, 0.29) is 25.4 Å². The number of carbonyl (C=O) groups is 5. The SMILES string of the molecule is C=CCCCO[C@H]1OC2COC(c3ccccc3)O[C@@H]2[C@H](O[C@@H]2OC(COC(C)=O)[C@H](OC(C)=O)[C@H](OC(C)=O)C2CC(C)=O)C1NC(C)=O. The summed E-state index contributed by atoms with van der Waals surface area (Å²) >= 11 is 0. The maximum Gasteiger partial charge on any atom is 0.303 e. The Balaban J connectivity index is 1.77. The maximum atomic E-state index is 12.7. The number of rotatable bonds is 15. The van der Waals surface area contributed by atoms with Crippen molar-refractivity contribution in [2.24, 2.45) is 5.92 Å². The molecule has 50 heavy (non-hydrogen) atoms. The second kappa shape index (κ2) is 18.5. The highest BCUT2D eigenvalue weighted by molar-refractivity contribution is 5.76. The molecule has 0 aromatic heterocycles. The monoisotopic (exact) mass is 705 g/mol. The van der Waals surface area contributed by atoms with E-state index in [1.165, 1.54) is 27.7 Å². The predicted molar refractivity (Wildman–Crippen MR) is 172 cm³/mol. The molecule has 4 rings (SSSR count). The van der Waals surface area contributed by atoms with E-state index in [2.05, 4.69) is 11.9 Å². The second-order valence-electron chi connectivity index (χ2n) is 12.4. The minimum Gasteiger partial charge on any atom is -0.463 e. The van der Waals surface area contributed by atoms with E-state index in [4.69, 9.17) is 42.6 Å². The highest BCUT2D eigenvalue weighted by Gasteiger charge is 2.56. The Morgan fingerprint density at radius 3 is 2.20 bits per heavy atom. The van der Waals surface area contributed by atoms with Gasteiger partial charge in [-0.2, -0.15) is 0 Å². The number of nitrogens with one attached hydrogen (secondary N) is 1. The van der Waals surface area contributed by atoms with E-state index in [0.717, 1.165) is 12.5 Å². The summed E-state index contributed by atoms with van der Waals surface area (Å²) < 4.78 is 54.6. The third-order valence-corrected chi connectivity index (χ3v) is 8.26. The van der Waals surface area contributed by atoms with E-state index in [1.54, 1.807) is 6.08 Å². The summed E-state index contributed by atoms with van der Waals surface area (Å²) in [5, 5.41) is 2.88. The minimum atomic E-state index is -1.35. The Kier molecular flexibility index (Phi) is 14.4. The van der Waals surface area contributed by atoms with Crippen LogP contribution in [0.4, 0.5) is 0 Å². The van der Waals surface area contributed by atoms with Gasteiger partial charge in [0.05, 0.1) is 19.1 Å². The molecule has 11 atom stereocenters. The van der Waals surface area contributed by atoms with Gasteiger partial charge >= 0.3 is 17.9 Å². The molecule has 276 valence electrons. The molecule has 3 saturated heterocycles. The molecule has 1 aromatic carbocycles. The molecule has 0 bridgehead atoms. The first-order valence-corrected chi connectivity index (χ1v) is 16.6. The first kappa shape index (κ1) is 39.1. The van der Waals surface area contributed by atoms with Crippen LogP contribution in [-0.4, -0.2) is 105 Å². The fourth-order valence-electron chi connectivity index (χ4n) is 6.28. The van der Waals surface area contributed by atoms with Crippen molar-refractivity contribution in [3.63, 3.8) is 0 Å². The lowest BCUT2D eigenvalue weighted by atomic mass is 9.86. The quantitative estimate of drug-likeness (QED) is 0.122. The average molecular weight is 706 g/mol. The molecule has 15 heteroatoms. The summed E-state index contributed by atoms with van der Waals surface area (Å²) in [6.07, 6.45) is -6.74. The maximum absolute atomic E-state index is 12.7. The van der Waals surface area contributed by atoms with Gasteiger partial charge in [-0.15, -0.1) is 6.58 Å². The molecule has 0 spiro atoms. The molecule has 3 heterocycles. The van der Waals surface area contributed by atoms with Gasteiger partial charge in [0.25, 0.3) is 0 Å². The Labute approximate surface area is 291 Å². The van der Waals surface area contributed by atoms with Crippen LogP contribution in [0.3, 0.4) is 0 Å². The van der Waals surface area contributed by atoms with Gasteiger partial charge in [-0.3, -0.25) is 19.2 Å². The first-order chi connectivity index (χ1) is 23.9. The smallest absolute Gasteiger partial charge is 0.303 e. The van der Waals surface area contributed by atoms with Crippen LogP contribution in [0.25, 0.3) is 0 Å². The Morgan fingerprint density at radius 1 is 0.880 bits per heavy atom. The molecule has 3 aliphatic rings. The number of hydrogen-bond acceptors (Lipinski definition) is 14. The molecular formula is C35H47NO14. The van der Waals surface area contributed by atoms with Crippen LogP contribution in [0.1, 0.15) is 65.7 Å². The van der Waals surface area contributed by atoms with Crippen molar-refractivity contribution in [3.8, 4) is 0 Å². The molecule has 5 unspecified atom stereocenters. The fourth-order valence-corrected chi connectivity index (χ4v) is 6.28. The van der Waals surface area contributed by atoms with Crippen molar-refractivity contribution in [2.75, 3.05) is 19.8 Å². The molecule has 3 aliphatic heterocycles. The zero-order chi connectivity index (χ0) is 36.4. The van der Waals surface area contributed by atoms with Crippen LogP contribution in [0.15, 0.2) is 43.0 Å². The lowest BCUT2D eigenvalue weighted by molar-refractivity contribution is -0.374. The van der Waals surface area contributed by atoms with Gasteiger partial charge in [0, 0.05) is 39.7 Å². The summed E-state index contributed by atoms with van der Waals surface area (Å²) in [4.78, 5) is 61.9. The van der Waals surface area contributed by atoms with Crippen LogP contribution in [-0.2, 0) is 66.6 Å². The highest BCUT2D eigenvalue weighted by atomic mass is 16.8. The van der Waals surface area contributed by atoms with Gasteiger partial charge in [0.15, 0.2) is 25.0 Å². The number of carbonyl (C=O) groups excluding carboxylic acids is 5. The van der Waals surface area contributed by atoms with E-state index in [9.17, 15) is 24.0 Å². The van der Waals surface area contributed by atoms with Gasteiger partial charge in [-0.1, -0.05) is 36.4 Å². The van der Waals surface area contributed by atoms with Crippen molar-refractivity contribution in [1.29, 1.82) is 0 Å². The topological polar surface area (TPSA) is 180 Å². The lowest BCUT2D eigenvalue weighted by Crippen LogP contribution is -2.69.